The molecule has 5 aromatic rings. The van der Waals surface area contributed by atoms with E-state index in [1.165, 1.54) is 11.3 Å². The van der Waals surface area contributed by atoms with E-state index in [-0.39, 0.29) is 5.56 Å². The van der Waals surface area contributed by atoms with Gasteiger partial charge in [-0.1, -0.05) is 59.9 Å². The number of hydrogen-bond acceptors (Lipinski definition) is 5. The lowest BCUT2D eigenvalue weighted by molar-refractivity contribution is 0.343. The predicted molar refractivity (Wildman–Crippen MR) is 117 cm³/mol. The van der Waals surface area contributed by atoms with Crippen LogP contribution in [0.3, 0.4) is 0 Å². The van der Waals surface area contributed by atoms with E-state index in [0.29, 0.717) is 28.5 Å². The molecule has 5 nitrogen and oxygen atoms in total. The first kappa shape index (κ1) is 17.6. The largest absolute Gasteiger partial charge is 0.492 e. The van der Waals surface area contributed by atoms with Gasteiger partial charge in [0.1, 0.15) is 17.1 Å². The van der Waals surface area contributed by atoms with Crippen LogP contribution in [0.1, 0.15) is 6.92 Å². The normalized spacial score (nSPS) is 11.2. The lowest BCUT2D eigenvalue weighted by atomic mass is 10.2. The number of benzene rings is 3. The third kappa shape index (κ3) is 2.98. The van der Waals surface area contributed by atoms with Gasteiger partial charge in [0.05, 0.1) is 22.2 Å². The second-order valence-corrected chi connectivity index (χ2v) is 7.50. The van der Waals surface area contributed by atoms with E-state index in [9.17, 15) is 4.79 Å². The van der Waals surface area contributed by atoms with Crippen LogP contribution >= 0.6 is 11.3 Å². The van der Waals surface area contributed by atoms with Crippen molar-refractivity contribution in [3.63, 3.8) is 0 Å². The SMILES string of the molecule is CCOc1cccc2sc(-n3c(-c4ccccc4)nc4ccccc4c3=O)nc12. The van der Waals surface area contributed by atoms with Crippen molar-refractivity contribution in [2.75, 3.05) is 6.61 Å². The standard InChI is InChI=1S/C23H17N3O2S/c1-2-28-18-13-8-14-19-20(18)25-23(29-19)26-21(15-9-4-3-5-10-15)24-17-12-7-6-11-16(17)22(26)27/h3-14H,2H2,1H3. The summed E-state index contributed by atoms with van der Waals surface area (Å²) in [5, 5.41) is 1.14. The van der Waals surface area contributed by atoms with Crippen LogP contribution in [-0.2, 0) is 0 Å². The summed E-state index contributed by atoms with van der Waals surface area (Å²) < 4.78 is 8.30. The highest BCUT2D eigenvalue weighted by atomic mass is 32.1. The number of fused-ring (bicyclic) bond motifs is 2. The zero-order chi connectivity index (χ0) is 19.8. The van der Waals surface area contributed by atoms with E-state index in [2.05, 4.69) is 0 Å². The molecule has 0 radical (unpaired) electrons. The average molecular weight is 399 g/mol. The van der Waals surface area contributed by atoms with Gasteiger partial charge < -0.3 is 4.74 Å². The third-order valence-corrected chi connectivity index (χ3v) is 5.68. The van der Waals surface area contributed by atoms with Crippen LogP contribution in [0, 0.1) is 0 Å². The summed E-state index contributed by atoms with van der Waals surface area (Å²) in [6.07, 6.45) is 0. The van der Waals surface area contributed by atoms with Crippen LogP contribution in [0.2, 0.25) is 0 Å². The highest BCUT2D eigenvalue weighted by Gasteiger charge is 2.18. The summed E-state index contributed by atoms with van der Waals surface area (Å²) in [6, 6.07) is 22.9. The zero-order valence-electron chi connectivity index (χ0n) is 15.7. The van der Waals surface area contributed by atoms with Crippen molar-refractivity contribution in [3.05, 3.63) is 83.2 Å². The minimum atomic E-state index is -0.133. The van der Waals surface area contributed by atoms with Crippen molar-refractivity contribution in [2.24, 2.45) is 0 Å². The fourth-order valence-electron chi connectivity index (χ4n) is 3.37. The van der Waals surface area contributed by atoms with Crippen LogP contribution in [0.4, 0.5) is 0 Å². The van der Waals surface area contributed by atoms with Crippen LogP contribution in [0.15, 0.2) is 77.6 Å². The summed E-state index contributed by atoms with van der Waals surface area (Å²) in [5.74, 6) is 1.29. The molecule has 0 saturated carbocycles. The maximum Gasteiger partial charge on any atom is 0.268 e. The maximum atomic E-state index is 13.5. The first-order chi connectivity index (χ1) is 14.3. The van der Waals surface area contributed by atoms with Crippen molar-refractivity contribution in [2.45, 2.75) is 6.92 Å². The lowest BCUT2D eigenvalue weighted by Crippen LogP contribution is -2.21. The molecule has 2 heterocycles. The molecular formula is C23H17N3O2S. The topological polar surface area (TPSA) is 57.0 Å². The number of ether oxygens (including phenoxy) is 1. The van der Waals surface area contributed by atoms with Gasteiger partial charge in [0.25, 0.3) is 5.56 Å². The van der Waals surface area contributed by atoms with Gasteiger partial charge in [0.2, 0.25) is 0 Å². The van der Waals surface area contributed by atoms with E-state index in [1.807, 2.05) is 73.7 Å². The zero-order valence-corrected chi connectivity index (χ0v) is 16.5. The Bertz CT molecular complexity index is 1390. The number of aromatic nitrogens is 3. The van der Waals surface area contributed by atoms with Gasteiger partial charge in [-0.25, -0.2) is 14.5 Å². The molecule has 2 aromatic heterocycles. The summed E-state index contributed by atoms with van der Waals surface area (Å²) >= 11 is 1.45. The Morgan fingerprint density at radius 2 is 1.72 bits per heavy atom. The van der Waals surface area contributed by atoms with E-state index >= 15 is 0 Å². The Balaban J connectivity index is 1.85. The Morgan fingerprint density at radius 1 is 0.931 bits per heavy atom. The molecule has 0 atom stereocenters. The van der Waals surface area contributed by atoms with Crippen LogP contribution in [-0.4, -0.2) is 21.1 Å². The van der Waals surface area contributed by atoms with Gasteiger partial charge in [0.15, 0.2) is 5.13 Å². The van der Waals surface area contributed by atoms with E-state index < -0.39 is 0 Å². The Kier molecular flexibility index (Phi) is 4.33. The van der Waals surface area contributed by atoms with E-state index in [1.54, 1.807) is 10.6 Å². The molecule has 29 heavy (non-hydrogen) atoms. The molecule has 142 valence electrons. The van der Waals surface area contributed by atoms with Crippen molar-refractivity contribution in [1.29, 1.82) is 0 Å². The Labute approximate surface area is 170 Å². The van der Waals surface area contributed by atoms with Gasteiger partial charge in [-0.15, -0.1) is 0 Å². The molecule has 0 saturated heterocycles. The monoisotopic (exact) mass is 399 g/mol. The van der Waals surface area contributed by atoms with Gasteiger partial charge in [-0.05, 0) is 31.2 Å². The van der Waals surface area contributed by atoms with Crippen molar-refractivity contribution < 1.29 is 4.74 Å². The second-order valence-electron chi connectivity index (χ2n) is 6.49. The lowest BCUT2D eigenvalue weighted by Gasteiger charge is -2.11. The molecule has 0 aliphatic carbocycles. The van der Waals surface area contributed by atoms with Crippen LogP contribution in [0.25, 0.3) is 37.6 Å². The van der Waals surface area contributed by atoms with Gasteiger partial charge in [0, 0.05) is 5.56 Å². The predicted octanol–water partition coefficient (Wildman–Crippen LogP) is 5.06. The number of para-hydroxylation sites is 2. The Hall–Kier alpha value is -3.51. The van der Waals surface area contributed by atoms with Crippen molar-refractivity contribution in [1.82, 2.24) is 14.5 Å². The second kappa shape index (κ2) is 7.14. The van der Waals surface area contributed by atoms with E-state index in [0.717, 1.165) is 21.5 Å². The molecule has 0 spiro atoms. The molecule has 5 rings (SSSR count). The summed E-state index contributed by atoms with van der Waals surface area (Å²) in [7, 11) is 0. The summed E-state index contributed by atoms with van der Waals surface area (Å²) in [5.41, 5.74) is 2.16. The van der Waals surface area contributed by atoms with E-state index in [4.69, 9.17) is 14.7 Å². The maximum absolute atomic E-state index is 13.5. The van der Waals surface area contributed by atoms with Crippen LogP contribution in [0.5, 0.6) is 5.75 Å². The smallest absolute Gasteiger partial charge is 0.268 e. The molecule has 0 N–H and O–H groups in total. The molecule has 3 aromatic carbocycles. The fourth-order valence-corrected chi connectivity index (χ4v) is 4.35. The number of nitrogens with zero attached hydrogens (tertiary/aromatic N) is 3. The highest BCUT2D eigenvalue weighted by Crippen LogP contribution is 2.33. The van der Waals surface area contributed by atoms with Gasteiger partial charge in [-0.3, -0.25) is 4.79 Å². The highest BCUT2D eigenvalue weighted by molar-refractivity contribution is 7.20. The molecule has 0 fully saturated rings. The molecule has 0 aliphatic heterocycles. The molecule has 0 amide bonds. The molecule has 0 aliphatic rings. The summed E-state index contributed by atoms with van der Waals surface area (Å²) in [6.45, 7) is 2.50. The quantitative estimate of drug-likeness (QED) is 0.424. The third-order valence-electron chi connectivity index (χ3n) is 4.67. The van der Waals surface area contributed by atoms with Crippen LogP contribution < -0.4 is 10.3 Å². The van der Waals surface area contributed by atoms with Gasteiger partial charge >= 0.3 is 0 Å². The minimum Gasteiger partial charge on any atom is -0.492 e. The molecule has 0 bridgehead atoms. The first-order valence-electron chi connectivity index (χ1n) is 9.36. The Morgan fingerprint density at radius 3 is 2.55 bits per heavy atom. The molecule has 6 heteroatoms. The summed E-state index contributed by atoms with van der Waals surface area (Å²) in [4.78, 5) is 23.1. The van der Waals surface area contributed by atoms with Crippen molar-refractivity contribution >= 4 is 32.5 Å². The number of hydrogen-bond donors (Lipinski definition) is 0. The molecular weight excluding hydrogens is 382 g/mol. The molecule has 0 unspecified atom stereocenters. The number of rotatable bonds is 4. The van der Waals surface area contributed by atoms with Gasteiger partial charge in [-0.2, -0.15) is 0 Å². The minimum absolute atomic E-state index is 0.133. The first-order valence-corrected chi connectivity index (χ1v) is 10.2. The number of thiazole rings is 1. The fraction of sp³-hybridized carbons (Fsp3) is 0.0870. The average Bonchev–Trinajstić information content (AvgIpc) is 3.19. The van der Waals surface area contributed by atoms with Crippen molar-refractivity contribution in [3.8, 4) is 22.3 Å².